The van der Waals surface area contributed by atoms with Crippen molar-refractivity contribution in [2.45, 2.75) is 47.2 Å². The topological polar surface area (TPSA) is 98.1 Å². The number of nitrogens with zero attached hydrogens (tertiary/aromatic N) is 8. The SMILES string of the molecule is CCc1ccccc1-c1nnn(Cc2cc3cnc(C#N)nc3n2CC(C)(C)C)n1. The number of hydrogen-bond donors (Lipinski definition) is 0. The van der Waals surface area contributed by atoms with E-state index in [1.807, 2.05) is 30.3 Å². The zero-order valence-electron chi connectivity index (χ0n) is 17.7. The highest BCUT2D eigenvalue weighted by Crippen LogP contribution is 2.25. The molecule has 0 bridgehead atoms. The fraction of sp³-hybridized carbons (Fsp3) is 0.364. The summed E-state index contributed by atoms with van der Waals surface area (Å²) in [4.78, 5) is 10.2. The smallest absolute Gasteiger partial charge is 0.234 e. The molecule has 4 aromatic rings. The molecule has 0 aliphatic carbocycles. The van der Waals surface area contributed by atoms with Crippen LogP contribution in [-0.2, 0) is 19.5 Å². The summed E-state index contributed by atoms with van der Waals surface area (Å²) >= 11 is 0. The van der Waals surface area contributed by atoms with E-state index in [1.54, 1.807) is 11.0 Å². The maximum absolute atomic E-state index is 9.20. The molecule has 152 valence electrons. The molecular formula is C22H24N8. The number of aryl methyl sites for hydroxylation is 1. The minimum atomic E-state index is 0.0273. The van der Waals surface area contributed by atoms with Crippen LogP contribution >= 0.6 is 0 Å². The molecule has 0 aliphatic rings. The molecule has 0 fully saturated rings. The highest BCUT2D eigenvalue weighted by Gasteiger charge is 2.19. The van der Waals surface area contributed by atoms with E-state index in [0.717, 1.165) is 35.3 Å². The maximum Gasteiger partial charge on any atom is 0.234 e. The van der Waals surface area contributed by atoms with Gasteiger partial charge in [-0.25, -0.2) is 9.97 Å². The molecule has 0 unspecified atom stereocenters. The molecule has 30 heavy (non-hydrogen) atoms. The first kappa shape index (κ1) is 19.7. The number of hydrogen-bond acceptors (Lipinski definition) is 6. The lowest BCUT2D eigenvalue weighted by Gasteiger charge is -2.21. The molecule has 0 spiro atoms. The zero-order valence-corrected chi connectivity index (χ0v) is 17.7. The van der Waals surface area contributed by atoms with Gasteiger partial charge in [0.15, 0.2) is 0 Å². The molecule has 0 aliphatic heterocycles. The van der Waals surface area contributed by atoms with E-state index in [9.17, 15) is 5.26 Å². The van der Waals surface area contributed by atoms with Crippen LogP contribution < -0.4 is 0 Å². The number of rotatable bonds is 5. The Hall–Kier alpha value is -3.60. The Labute approximate surface area is 175 Å². The number of fused-ring (bicyclic) bond motifs is 1. The normalized spacial score (nSPS) is 11.7. The minimum Gasteiger partial charge on any atom is -0.327 e. The quantitative estimate of drug-likeness (QED) is 0.507. The van der Waals surface area contributed by atoms with Crippen molar-refractivity contribution in [3.8, 4) is 17.5 Å². The number of aromatic nitrogens is 7. The third-order valence-corrected chi connectivity index (χ3v) is 4.85. The minimum absolute atomic E-state index is 0.0273. The average Bonchev–Trinajstić information content (AvgIpc) is 3.32. The lowest BCUT2D eigenvalue weighted by atomic mass is 9.97. The molecular weight excluding hydrogens is 376 g/mol. The van der Waals surface area contributed by atoms with E-state index in [4.69, 9.17) is 0 Å². The van der Waals surface area contributed by atoms with E-state index in [-0.39, 0.29) is 11.2 Å². The molecule has 8 heteroatoms. The van der Waals surface area contributed by atoms with Gasteiger partial charge < -0.3 is 4.57 Å². The van der Waals surface area contributed by atoms with Crippen molar-refractivity contribution in [1.82, 2.24) is 34.7 Å². The Morgan fingerprint density at radius 1 is 1.17 bits per heavy atom. The molecule has 0 N–H and O–H groups in total. The Balaban J connectivity index is 1.73. The lowest BCUT2D eigenvalue weighted by molar-refractivity contribution is 0.340. The summed E-state index contributed by atoms with van der Waals surface area (Å²) in [5.41, 5.74) is 3.98. The van der Waals surface area contributed by atoms with Crippen molar-refractivity contribution in [3.63, 3.8) is 0 Å². The molecule has 4 rings (SSSR count). The van der Waals surface area contributed by atoms with E-state index in [1.165, 1.54) is 5.56 Å². The summed E-state index contributed by atoms with van der Waals surface area (Å²) in [6.07, 6.45) is 2.60. The molecule has 8 nitrogen and oxygen atoms in total. The maximum atomic E-state index is 9.20. The van der Waals surface area contributed by atoms with Gasteiger partial charge in [-0.15, -0.1) is 10.2 Å². The molecule has 0 radical (unpaired) electrons. The summed E-state index contributed by atoms with van der Waals surface area (Å²) in [6, 6.07) is 12.2. The largest absolute Gasteiger partial charge is 0.327 e. The highest BCUT2D eigenvalue weighted by molar-refractivity contribution is 5.77. The van der Waals surface area contributed by atoms with Crippen LogP contribution in [0.15, 0.2) is 36.5 Å². The van der Waals surface area contributed by atoms with Crippen LogP contribution in [-0.4, -0.2) is 34.7 Å². The first-order chi connectivity index (χ1) is 14.4. The average molecular weight is 400 g/mol. The molecule has 0 atom stereocenters. The third-order valence-electron chi connectivity index (χ3n) is 4.85. The first-order valence-corrected chi connectivity index (χ1v) is 9.99. The fourth-order valence-corrected chi connectivity index (χ4v) is 3.54. The summed E-state index contributed by atoms with van der Waals surface area (Å²) in [5, 5.41) is 23.3. The van der Waals surface area contributed by atoms with Crippen LogP contribution in [0.2, 0.25) is 0 Å². The summed E-state index contributed by atoms with van der Waals surface area (Å²) in [5.74, 6) is 0.789. The zero-order chi connectivity index (χ0) is 21.3. The standard InChI is InChI=1S/C22H24N8/c1-5-15-8-6-7-9-18(15)20-26-28-30(27-20)13-17-10-16-12-24-19(11-23)25-21(16)29(17)14-22(2,3)4/h6-10,12H,5,13-14H2,1-4H3. The fourth-order valence-electron chi connectivity index (χ4n) is 3.54. The van der Waals surface area contributed by atoms with Gasteiger partial charge in [-0.1, -0.05) is 52.0 Å². The van der Waals surface area contributed by atoms with Gasteiger partial charge in [0.2, 0.25) is 11.6 Å². The van der Waals surface area contributed by atoms with Gasteiger partial charge in [-0.3, -0.25) is 0 Å². The van der Waals surface area contributed by atoms with Crippen molar-refractivity contribution >= 4 is 11.0 Å². The van der Waals surface area contributed by atoms with Crippen molar-refractivity contribution in [2.75, 3.05) is 0 Å². The Morgan fingerprint density at radius 3 is 2.70 bits per heavy atom. The molecule has 0 saturated heterocycles. The van der Waals surface area contributed by atoms with Crippen molar-refractivity contribution in [3.05, 3.63) is 53.6 Å². The van der Waals surface area contributed by atoms with Crippen LogP contribution in [0.4, 0.5) is 0 Å². The van der Waals surface area contributed by atoms with E-state index in [2.05, 4.69) is 63.7 Å². The third kappa shape index (κ3) is 3.92. The van der Waals surface area contributed by atoms with Crippen LogP contribution in [0.1, 0.15) is 44.8 Å². The van der Waals surface area contributed by atoms with Crippen molar-refractivity contribution in [1.29, 1.82) is 5.26 Å². The highest BCUT2D eigenvalue weighted by atomic mass is 15.6. The Kier molecular flexibility index (Phi) is 5.04. The van der Waals surface area contributed by atoms with Gasteiger partial charge in [-0.05, 0) is 28.7 Å². The van der Waals surface area contributed by atoms with Crippen LogP contribution in [0.5, 0.6) is 0 Å². The lowest BCUT2D eigenvalue weighted by Crippen LogP contribution is -2.19. The van der Waals surface area contributed by atoms with E-state index >= 15 is 0 Å². The van der Waals surface area contributed by atoms with Gasteiger partial charge in [0, 0.05) is 29.4 Å². The molecule has 3 aromatic heterocycles. The van der Waals surface area contributed by atoms with Crippen LogP contribution in [0, 0.1) is 16.7 Å². The predicted octanol–water partition coefficient (Wildman–Crippen LogP) is 3.61. The van der Waals surface area contributed by atoms with Crippen molar-refractivity contribution < 1.29 is 0 Å². The Bertz CT molecular complexity index is 1240. The molecule has 0 amide bonds. The second kappa shape index (κ2) is 7.67. The van der Waals surface area contributed by atoms with Crippen molar-refractivity contribution in [2.24, 2.45) is 5.41 Å². The number of tetrazole rings is 1. The Morgan fingerprint density at radius 2 is 1.97 bits per heavy atom. The second-order valence-corrected chi connectivity index (χ2v) is 8.52. The summed E-state index contributed by atoms with van der Waals surface area (Å²) < 4.78 is 2.13. The van der Waals surface area contributed by atoms with Crippen LogP contribution in [0.25, 0.3) is 22.4 Å². The number of nitriles is 1. The van der Waals surface area contributed by atoms with Gasteiger partial charge in [-0.2, -0.15) is 10.1 Å². The summed E-state index contributed by atoms with van der Waals surface area (Å²) in [7, 11) is 0. The van der Waals surface area contributed by atoms with E-state index < -0.39 is 0 Å². The van der Waals surface area contributed by atoms with Gasteiger partial charge in [0.25, 0.3) is 0 Å². The first-order valence-electron chi connectivity index (χ1n) is 9.99. The molecule has 3 heterocycles. The summed E-state index contributed by atoms with van der Waals surface area (Å²) in [6.45, 7) is 9.82. The van der Waals surface area contributed by atoms with Gasteiger partial charge in [0.1, 0.15) is 18.3 Å². The predicted molar refractivity (Wildman–Crippen MR) is 113 cm³/mol. The van der Waals surface area contributed by atoms with Gasteiger partial charge >= 0.3 is 0 Å². The second-order valence-electron chi connectivity index (χ2n) is 8.52. The number of benzene rings is 1. The van der Waals surface area contributed by atoms with E-state index in [0.29, 0.717) is 12.4 Å². The molecule has 0 saturated carbocycles. The monoisotopic (exact) mass is 400 g/mol. The van der Waals surface area contributed by atoms with Crippen LogP contribution in [0.3, 0.4) is 0 Å². The molecule has 1 aromatic carbocycles. The van der Waals surface area contributed by atoms with Gasteiger partial charge in [0.05, 0.1) is 0 Å².